The molecule has 0 saturated carbocycles. The van der Waals surface area contributed by atoms with Crippen LogP contribution in [0.1, 0.15) is 19.8 Å². The van der Waals surface area contributed by atoms with Gasteiger partial charge in [-0.05, 0) is 61.0 Å². The fraction of sp³-hybridized carbons (Fsp3) is 0.455. The molecule has 1 fully saturated rings. The lowest BCUT2D eigenvalue weighted by molar-refractivity contribution is -0.274. The van der Waals surface area contributed by atoms with Crippen molar-refractivity contribution < 1.29 is 32.5 Å². The molecular formula is C22H25F3N4O4. The van der Waals surface area contributed by atoms with Crippen molar-refractivity contribution >= 4 is 5.69 Å². The summed E-state index contributed by atoms with van der Waals surface area (Å²) in [6, 6.07) is 12.9. The quantitative estimate of drug-likeness (QED) is 0.316. The summed E-state index contributed by atoms with van der Waals surface area (Å²) in [5.74, 6) is 0.813. The van der Waals surface area contributed by atoms with E-state index in [2.05, 4.69) is 19.7 Å². The Hall–Kier alpha value is -3.30. The molecule has 2 aromatic carbocycles. The molecule has 8 nitrogen and oxygen atoms in total. The molecule has 0 radical (unpaired) electrons. The molecule has 0 aliphatic carbocycles. The van der Waals surface area contributed by atoms with Crippen molar-refractivity contribution in [3.63, 3.8) is 0 Å². The summed E-state index contributed by atoms with van der Waals surface area (Å²) in [4.78, 5) is 4.85. The fourth-order valence-corrected chi connectivity index (χ4v) is 3.37. The van der Waals surface area contributed by atoms with Crippen LogP contribution in [0.3, 0.4) is 0 Å². The minimum absolute atomic E-state index is 0.00257. The molecule has 0 amide bonds. The van der Waals surface area contributed by atoms with Gasteiger partial charge in [-0.3, -0.25) is 0 Å². The van der Waals surface area contributed by atoms with Crippen LogP contribution < -0.4 is 19.1 Å². The number of benzene rings is 2. The Morgan fingerprint density at radius 1 is 1.03 bits per heavy atom. The molecule has 178 valence electrons. The molecule has 0 aromatic heterocycles. The van der Waals surface area contributed by atoms with Gasteiger partial charge in [-0.2, -0.15) is 0 Å². The third kappa shape index (κ3) is 7.96. The molecule has 1 saturated heterocycles. The molecule has 1 aliphatic heterocycles. The van der Waals surface area contributed by atoms with Crippen molar-refractivity contribution in [3.05, 3.63) is 59.0 Å². The van der Waals surface area contributed by atoms with E-state index in [-0.39, 0.29) is 25.0 Å². The number of alkyl halides is 3. The summed E-state index contributed by atoms with van der Waals surface area (Å²) in [5.41, 5.74) is 8.13. The molecule has 0 unspecified atom stereocenters. The van der Waals surface area contributed by atoms with Crippen molar-refractivity contribution in [1.82, 2.24) is 0 Å². The number of nitrogens with zero attached hydrogens (tertiary/aromatic N) is 4. The largest absolute Gasteiger partial charge is 0.573 e. The van der Waals surface area contributed by atoms with Crippen LogP contribution in [0.4, 0.5) is 18.9 Å². The van der Waals surface area contributed by atoms with Gasteiger partial charge in [0.2, 0.25) is 0 Å². The predicted molar refractivity (Wildman–Crippen MR) is 116 cm³/mol. The summed E-state index contributed by atoms with van der Waals surface area (Å²) in [6.45, 7) is 2.98. The zero-order valence-corrected chi connectivity index (χ0v) is 18.0. The summed E-state index contributed by atoms with van der Waals surface area (Å²) in [5, 5.41) is 13.5. The molecule has 11 heteroatoms. The summed E-state index contributed by atoms with van der Waals surface area (Å²) >= 11 is 0. The van der Waals surface area contributed by atoms with Gasteiger partial charge in [0.1, 0.15) is 35.6 Å². The van der Waals surface area contributed by atoms with Crippen LogP contribution in [-0.4, -0.2) is 49.4 Å². The highest BCUT2D eigenvalue weighted by atomic mass is 19.4. The van der Waals surface area contributed by atoms with E-state index in [1.165, 1.54) is 31.2 Å². The van der Waals surface area contributed by atoms with E-state index in [4.69, 9.17) is 15.0 Å². The molecule has 1 heterocycles. The lowest BCUT2D eigenvalue weighted by Crippen LogP contribution is -2.38. The Kier molecular flexibility index (Phi) is 7.78. The van der Waals surface area contributed by atoms with Crippen molar-refractivity contribution in [2.45, 2.75) is 37.8 Å². The Labute approximate surface area is 189 Å². The molecular weight excluding hydrogens is 441 g/mol. The zero-order valence-electron chi connectivity index (χ0n) is 18.0. The number of ether oxygens (including phenoxy) is 3. The summed E-state index contributed by atoms with van der Waals surface area (Å²) < 4.78 is 52.1. The highest BCUT2D eigenvalue weighted by molar-refractivity contribution is 5.49. The van der Waals surface area contributed by atoms with Crippen molar-refractivity contribution in [1.29, 1.82) is 0 Å². The normalized spacial score (nSPS) is 16.5. The zero-order chi connectivity index (χ0) is 23.9. The van der Waals surface area contributed by atoms with Crippen molar-refractivity contribution in [2.24, 2.45) is 5.11 Å². The number of halogens is 3. The number of hydrogen-bond donors (Lipinski definition) is 1. The molecule has 2 aromatic rings. The Bertz CT molecular complexity index is 938. The molecule has 0 spiro atoms. The van der Waals surface area contributed by atoms with Crippen LogP contribution in [0.25, 0.3) is 10.4 Å². The SMILES string of the molecule is C[C@@](O)(CN=[N+]=[N-])COc1ccc(N2CCC(Oc3ccc(OC(F)(F)F)cc3)CC2)cc1. The number of anilines is 1. The topological polar surface area (TPSA) is 99.9 Å². The number of azide groups is 1. The van der Waals surface area contributed by atoms with Crippen LogP contribution in [0, 0.1) is 0 Å². The molecule has 33 heavy (non-hydrogen) atoms. The molecule has 1 N–H and O–H groups in total. The van der Waals surface area contributed by atoms with Gasteiger partial charge < -0.3 is 24.2 Å². The first-order valence-electron chi connectivity index (χ1n) is 10.4. The summed E-state index contributed by atoms with van der Waals surface area (Å²) in [6.07, 6.45) is -3.22. The minimum atomic E-state index is -4.72. The van der Waals surface area contributed by atoms with Gasteiger partial charge in [-0.25, -0.2) is 0 Å². The van der Waals surface area contributed by atoms with Crippen molar-refractivity contribution in [2.75, 3.05) is 31.1 Å². The first kappa shape index (κ1) is 24.3. The van der Waals surface area contributed by atoms with E-state index in [1.54, 1.807) is 0 Å². The maximum absolute atomic E-state index is 12.3. The highest BCUT2D eigenvalue weighted by Crippen LogP contribution is 2.28. The van der Waals surface area contributed by atoms with E-state index >= 15 is 0 Å². The van der Waals surface area contributed by atoms with Gasteiger partial charge in [0, 0.05) is 36.5 Å². The van der Waals surface area contributed by atoms with Gasteiger partial charge >= 0.3 is 6.36 Å². The van der Waals surface area contributed by atoms with Gasteiger partial charge in [0.15, 0.2) is 0 Å². The standard InChI is InChI=1S/C22H25F3N4O4/c1-21(30,14-27-28-26)15-31-17-4-2-16(3-5-17)29-12-10-19(11-13-29)32-18-6-8-20(9-7-18)33-22(23,24)25/h2-9,19,30H,10-15H2,1H3/t21-/m1/s1. The van der Waals surface area contributed by atoms with Crippen molar-refractivity contribution in [3.8, 4) is 17.2 Å². The van der Waals surface area contributed by atoms with Crippen LogP contribution >= 0.6 is 0 Å². The first-order valence-corrected chi connectivity index (χ1v) is 10.4. The first-order chi connectivity index (χ1) is 15.6. The Balaban J connectivity index is 1.45. The Morgan fingerprint density at radius 3 is 2.18 bits per heavy atom. The number of piperidine rings is 1. The van der Waals surface area contributed by atoms with Gasteiger partial charge in [0.25, 0.3) is 0 Å². The average molecular weight is 466 g/mol. The van der Waals surface area contributed by atoms with Crippen LogP contribution in [0.5, 0.6) is 17.2 Å². The number of aliphatic hydroxyl groups is 1. The molecule has 1 atom stereocenters. The van der Waals surface area contributed by atoms with Crippen LogP contribution in [-0.2, 0) is 0 Å². The minimum Gasteiger partial charge on any atom is -0.491 e. The second kappa shape index (κ2) is 10.5. The third-order valence-electron chi connectivity index (χ3n) is 5.03. The van der Waals surface area contributed by atoms with Gasteiger partial charge in [-0.15, -0.1) is 13.2 Å². The van der Waals surface area contributed by atoms with E-state index in [0.29, 0.717) is 11.5 Å². The lowest BCUT2D eigenvalue weighted by Gasteiger charge is -2.33. The fourth-order valence-electron chi connectivity index (χ4n) is 3.37. The third-order valence-corrected chi connectivity index (χ3v) is 5.03. The maximum Gasteiger partial charge on any atom is 0.573 e. The van der Waals surface area contributed by atoms with Gasteiger partial charge in [0.05, 0.1) is 6.54 Å². The second-order valence-electron chi connectivity index (χ2n) is 7.99. The highest BCUT2D eigenvalue weighted by Gasteiger charge is 2.31. The Morgan fingerprint density at radius 2 is 1.61 bits per heavy atom. The van der Waals surface area contributed by atoms with Gasteiger partial charge in [-0.1, -0.05) is 5.11 Å². The summed E-state index contributed by atoms with van der Waals surface area (Å²) in [7, 11) is 0. The van der Waals surface area contributed by atoms with E-state index < -0.39 is 12.0 Å². The number of hydrogen-bond acceptors (Lipinski definition) is 6. The number of rotatable bonds is 9. The average Bonchev–Trinajstić information content (AvgIpc) is 2.78. The lowest BCUT2D eigenvalue weighted by atomic mass is 10.1. The van der Waals surface area contributed by atoms with E-state index in [0.717, 1.165) is 31.6 Å². The van der Waals surface area contributed by atoms with E-state index in [9.17, 15) is 18.3 Å². The molecule has 3 rings (SSSR count). The smallest absolute Gasteiger partial charge is 0.491 e. The van der Waals surface area contributed by atoms with E-state index in [1.807, 2.05) is 24.3 Å². The second-order valence-corrected chi connectivity index (χ2v) is 7.99. The predicted octanol–water partition coefficient (Wildman–Crippen LogP) is 5.07. The molecule has 1 aliphatic rings. The molecule has 0 bridgehead atoms. The van der Waals surface area contributed by atoms with Crippen LogP contribution in [0.15, 0.2) is 53.6 Å². The maximum atomic E-state index is 12.3. The monoisotopic (exact) mass is 466 g/mol. The van der Waals surface area contributed by atoms with Crippen LogP contribution in [0.2, 0.25) is 0 Å².